The van der Waals surface area contributed by atoms with Gasteiger partial charge < -0.3 is 16.0 Å². The van der Waals surface area contributed by atoms with Gasteiger partial charge in [-0.25, -0.2) is 0 Å². The van der Waals surface area contributed by atoms with Crippen molar-refractivity contribution < 1.29 is 0 Å². The fourth-order valence-electron chi connectivity index (χ4n) is 3.15. The number of hydrogen-bond donors (Lipinski definition) is 2. The number of nitrogens with one attached hydrogen (secondary N) is 1. The van der Waals surface area contributed by atoms with Gasteiger partial charge in [-0.3, -0.25) is 0 Å². The summed E-state index contributed by atoms with van der Waals surface area (Å²) < 4.78 is 0. The third-order valence-corrected chi connectivity index (χ3v) is 4.63. The second-order valence-corrected chi connectivity index (χ2v) is 5.99. The minimum atomic E-state index is 0.415. The minimum Gasteiger partial charge on any atom is -0.328 e. The first-order valence-corrected chi connectivity index (χ1v) is 6.79. The van der Waals surface area contributed by atoms with E-state index < -0.39 is 0 Å². The first kappa shape index (κ1) is 12.3. The Morgan fingerprint density at radius 3 is 2.31 bits per heavy atom. The lowest BCUT2D eigenvalue weighted by molar-refractivity contribution is 0.0890. The van der Waals surface area contributed by atoms with Gasteiger partial charge in [-0.1, -0.05) is 19.3 Å². The van der Waals surface area contributed by atoms with Crippen LogP contribution in [0.1, 0.15) is 44.9 Å². The summed E-state index contributed by atoms with van der Waals surface area (Å²) in [6, 6.07) is 1.15. The van der Waals surface area contributed by atoms with E-state index in [0.29, 0.717) is 17.6 Å². The molecule has 3 N–H and O–H groups in total. The minimum absolute atomic E-state index is 0.415. The van der Waals surface area contributed by atoms with E-state index in [1.165, 1.54) is 44.9 Å². The highest BCUT2D eigenvalue weighted by molar-refractivity contribution is 4.96. The summed E-state index contributed by atoms with van der Waals surface area (Å²) in [4.78, 5) is 2.44. The molecule has 2 aliphatic rings. The molecule has 94 valence electrons. The summed E-state index contributed by atoms with van der Waals surface area (Å²) in [5.41, 5.74) is 6.23. The molecule has 2 aliphatic carbocycles. The van der Waals surface area contributed by atoms with Gasteiger partial charge >= 0.3 is 0 Å². The highest BCUT2D eigenvalue weighted by Crippen LogP contribution is 2.32. The predicted molar refractivity (Wildman–Crippen MR) is 68.5 cm³/mol. The third-order valence-electron chi connectivity index (χ3n) is 4.63. The molecule has 0 aromatic carbocycles. The van der Waals surface area contributed by atoms with E-state index in [1.807, 2.05) is 0 Å². The highest BCUT2D eigenvalue weighted by Gasteiger charge is 2.35. The zero-order valence-electron chi connectivity index (χ0n) is 10.8. The predicted octanol–water partition coefficient (Wildman–Crippen LogP) is 1.33. The van der Waals surface area contributed by atoms with Gasteiger partial charge in [0.1, 0.15) is 0 Å². The van der Waals surface area contributed by atoms with Crippen LogP contribution in [-0.2, 0) is 0 Å². The monoisotopic (exact) mass is 225 g/mol. The molecule has 2 rings (SSSR count). The Kier molecular flexibility index (Phi) is 3.88. The summed E-state index contributed by atoms with van der Waals surface area (Å²) in [5.74, 6) is 0. The van der Waals surface area contributed by atoms with Gasteiger partial charge in [0.05, 0.1) is 0 Å². The molecule has 0 spiro atoms. The Morgan fingerprint density at radius 2 is 1.81 bits per heavy atom. The zero-order valence-corrected chi connectivity index (χ0v) is 10.8. The van der Waals surface area contributed by atoms with Crippen LogP contribution in [0.15, 0.2) is 0 Å². The quantitative estimate of drug-likeness (QED) is 0.758. The van der Waals surface area contributed by atoms with Crippen molar-refractivity contribution in [2.45, 2.75) is 62.6 Å². The molecule has 16 heavy (non-hydrogen) atoms. The largest absolute Gasteiger partial charge is 0.328 e. The van der Waals surface area contributed by atoms with E-state index in [4.69, 9.17) is 5.73 Å². The second-order valence-electron chi connectivity index (χ2n) is 5.99. The molecule has 0 aromatic heterocycles. The topological polar surface area (TPSA) is 41.3 Å². The highest BCUT2D eigenvalue weighted by atomic mass is 15.2. The standard InChI is InChI=1S/C13H27N3/c1-16(2)13(6-4-3-5-7-13)10-15-12-8-11(14)9-12/h11-12,15H,3-10,14H2,1-2H3. The SMILES string of the molecule is CN(C)C1(CNC2CC(N)C2)CCCCC1. The first-order chi connectivity index (χ1) is 7.62. The average molecular weight is 225 g/mol. The average Bonchev–Trinajstić information content (AvgIpc) is 2.24. The number of likely N-dealkylation sites (N-methyl/N-ethyl adjacent to an activating group) is 1. The van der Waals surface area contributed by atoms with Gasteiger partial charge in [0, 0.05) is 24.2 Å². The molecule has 2 saturated carbocycles. The summed E-state index contributed by atoms with van der Waals surface area (Å²) in [6.07, 6.45) is 9.25. The molecule has 0 radical (unpaired) electrons. The first-order valence-electron chi connectivity index (χ1n) is 6.79. The zero-order chi connectivity index (χ0) is 11.6. The van der Waals surface area contributed by atoms with E-state index in [0.717, 1.165) is 6.54 Å². The van der Waals surface area contributed by atoms with Crippen molar-refractivity contribution >= 4 is 0 Å². The summed E-state index contributed by atoms with van der Waals surface area (Å²) in [5, 5.41) is 3.72. The van der Waals surface area contributed by atoms with Crippen molar-refractivity contribution in [1.82, 2.24) is 10.2 Å². The lowest BCUT2D eigenvalue weighted by atomic mass is 9.79. The molecular weight excluding hydrogens is 198 g/mol. The number of nitrogens with two attached hydrogens (primary N) is 1. The van der Waals surface area contributed by atoms with Crippen LogP contribution in [0.25, 0.3) is 0 Å². The van der Waals surface area contributed by atoms with Crippen LogP contribution in [-0.4, -0.2) is 43.2 Å². The Balaban J connectivity index is 1.82. The second kappa shape index (κ2) is 5.03. The molecule has 0 aliphatic heterocycles. The summed E-state index contributed by atoms with van der Waals surface area (Å²) in [7, 11) is 4.47. The van der Waals surface area contributed by atoms with Crippen LogP contribution in [0.5, 0.6) is 0 Å². The molecule has 0 saturated heterocycles. The van der Waals surface area contributed by atoms with Crippen LogP contribution in [0.2, 0.25) is 0 Å². The molecular formula is C13H27N3. The normalized spacial score (nSPS) is 33.8. The molecule has 0 bridgehead atoms. The van der Waals surface area contributed by atoms with Crippen LogP contribution in [0.3, 0.4) is 0 Å². The van der Waals surface area contributed by atoms with Crippen LogP contribution in [0.4, 0.5) is 0 Å². The molecule has 0 aromatic rings. The maximum atomic E-state index is 5.82. The lowest BCUT2D eigenvalue weighted by Gasteiger charge is -2.45. The molecule has 2 fully saturated rings. The van der Waals surface area contributed by atoms with Gasteiger partial charge in [-0.05, 0) is 39.8 Å². The Bertz CT molecular complexity index is 215. The molecule has 0 heterocycles. The fraction of sp³-hybridized carbons (Fsp3) is 1.00. The van der Waals surface area contributed by atoms with Gasteiger partial charge in [0.2, 0.25) is 0 Å². The Hall–Kier alpha value is -0.120. The molecule has 0 amide bonds. The van der Waals surface area contributed by atoms with Crippen molar-refractivity contribution in [2.24, 2.45) is 5.73 Å². The maximum Gasteiger partial charge on any atom is 0.0327 e. The maximum absolute atomic E-state index is 5.82. The fourth-order valence-corrected chi connectivity index (χ4v) is 3.15. The third kappa shape index (κ3) is 2.58. The summed E-state index contributed by atoms with van der Waals surface area (Å²) in [6.45, 7) is 1.15. The smallest absolute Gasteiger partial charge is 0.0327 e. The van der Waals surface area contributed by atoms with Crippen molar-refractivity contribution in [3.05, 3.63) is 0 Å². The molecule has 3 nitrogen and oxygen atoms in total. The van der Waals surface area contributed by atoms with Gasteiger partial charge in [0.15, 0.2) is 0 Å². The van der Waals surface area contributed by atoms with Crippen molar-refractivity contribution in [1.29, 1.82) is 0 Å². The molecule has 0 atom stereocenters. The Labute approximate surface area is 99.8 Å². The molecule has 3 heteroatoms. The van der Waals surface area contributed by atoms with E-state index >= 15 is 0 Å². The van der Waals surface area contributed by atoms with Crippen molar-refractivity contribution in [3.63, 3.8) is 0 Å². The van der Waals surface area contributed by atoms with Gasteiger partial charge in [-0.15, -0.1) is 0 Å². The van der Waals surface area contributed by atoms with Crippen molar-refractivity contribution in [2.75, 3.05) is 20.6 Å². The summed E-state index contributed by atoms with van der Waals surface area (Å²) >= 11 is 0. The van der Waals surface area contributed by atoms with E-state index in [9.17, 15) is 0 Å². The number of rotatable bonds is 4. The van der Waals surface area contributed by atoms with Gasteiger partial charge in [0.25, 0.3) is 0 Å². The van der Waals surface area contributed by atoms with E-state index in [1.54, 1.807) is 0 Å². The van der Waals surface area contributed by atoms with E-state index in [-0.39, 0.29) is 0 Å². The van der Waals surface area contributed by atoms with Crippen LogP contribution < -0.4 is 11.1 Å². The number of hydrogen-bond acceptors (Lipinski definition) is 3. The van der Waals surface area contributed by atoms with Crippen LogP contribution in [0, 0.1) is 0 Å². The number of nitrogens with zero attached hydrogens (tertiary/aromatic N) is 1. The van der Waals surface area contributed by atoms with Crippen molar-refractivity contribution in [3.8, 4) is 0 Å². The Morgan fingerprint density at radius 1 is 1.19 bits per heavy atom. The lowest BCUT2D eigenvalue weighted by Crippen LogP contribution is -2.57. The van der Waals surface area contributed by atoms with Gasteiger partial charge in [-0.2, -0.15) is 0 Å². The molecule has 0 unspecified atom stereocenters. The van der Waals surface area contributed by atoms with Crippen LogP contribution >= 0.6 is 0 Å². The van der Waals surface area contributed by atoms with E-state index in [2.05, 4.69) is 24.3 Å².